The standard InChI is InChI=1S/C26H21N5O/c1-5-23-21-13-16(9-10-19(21)26(32)30-29-23)22-14-28-31(4)25(22)20-12-11-17-15(2)7-6-8-18(17)24(20)27-3/h6-14H,5H2,1-2,4H3,(H,30,32). The zero-order chi connectivity index (χ0) is 22.4. The lowest BCUT2D eigenvalue weighted by atomic mass is 9.94. The van der Waals surface area contributed by atoms with E-state index in [4.69, 9.17) is 6.57 Å². The topological polar surface area (TPSA) is 67.9 Å². The maximum atomic E-state index is 12.3. The van der Waals surface area contributed by atoms with Gasteiger partial charge in [0.1, 0.15) is 0 Å². The molecular formula is C26H21N5O. The molecule has 0 unspecified atom stereocenters. The van der Waals surface area contributed by atoms with Crippen molar-refractivity contribution in [3.8, 4) is 22.4 Å². The van der Waals surface area contributed by atoms with Gasteiger partial charge in [-0.2, -0.15) is 10.2 Å². The van der Waals surface area contributed by atoms with Gasteiger partial charge >= 0.3 is 0 Å². The van der Waals surface area contributed by atoms with Gasteiger partial charge in [0, 0.05) is 23.6 Å². The maximum Gasteiger partial charge on any atom is 0.272 e. The number of aromatic amines is 1. The van der Waals surface area contributed by atoms with Gasteiger partial charge in [-0.05, 0) is 47.4 Å². The molecule has 32 heavy (non-hydrogen) atoms. The van der Waals surface area contributed by atoms with E-state index in [1.165, 1.54) is 0 Å². The van der Waals surface area contributed by atoms with E-state index in [1.54, 1.807) is 0 Å². The molecule has 0 spiro atoms. The van der Waals surface area contributed by atoms with Crippen LogP contribution < -0.4 is 5.56 Å². The van der Waals surface area contributed by atoms with Gasteiger partial charge in [0.2, 0.25) is 5.69 Å². The van der Waals surface area contributed by atoms with Gasteiger partial charge in [0.25, 0.3) is 5.56 Å². The van der Waals surface area contributed by atoms with Crippen LogP contribution in [-0.4, -0.2) is 20.0 Å². The number of H-pyrrole nitrogens is 1. The average molecular weight is 419 g/mol. The fourth-order valence-electron chi connectivity index (χ4n) is 4.44. The van der Waals surface area contributed by atoms with Gasteiger partial charge in [-0.3, -0.25) is 9.48 Å². The third-order valence-corrected chi connectivity index (χ3v) is 6.07. The van der Waals surface area contributed by atoms with E-state index in [-0.39, 0.29) is 5.56 Å². The fourth-order valence-corrected chi connectivity index (χ4v) is 4.44. The van der Waals surface area contributed by atoms with Gasteiger partial charge in [-0.1, -0.05) is 43.3 Å². The number of hydrogen-bond donors (Lipinski definition) is 1. The van der Waals surface area contributed by atoms with Gasteiger partial charge < -0.3 is 0 Å². The average Bonchev–Trinajstić information content (AvgIpc) is 3.19. The second-order valence-corrected chi connectivity index (χ2v) is 7.89. The van der Waals surface area contributed by atoms with Crippen molar-refractivity contribution in [2.75, 3.05) is 0 Å². The molecule has 3 aromatic carbocycles. The van der Waals surface area contributed by atoms with Crippen molar-refractivity contribution in [3.63, 3.8) is 0 Å². The summed E-state index contributed by atoms with van der Waals surface area (Å²) in [4.78, 5) is 16.2. The maximum absolute atomic E-state index is 12.3. The Morgan fingerprint density at radius 3 is 2.62 bits per heavy atom. The molecule has 6 nitrogen and oxygen atoms in total. The molecule has 0 radical (unpaired) electrons. The Morgan fingerprint density at radius 2 is 1.84 bits per heavy atom. The number of nitrogens with one attached hydrogen (secondary N) is 1. The highest BCUT2D eigenvalue weighted by Crippen LogP contribution is 2.42. The van der Waals surface area contributed by atoms with Crippen LogP contribution >= 0.6 is 0 Å². The summed E-state index contributed by atoms with van der Waals surface area (Å²) >= 11 is 0. The molecule has 5 aromatic rings. The van der Waals surface area contributed by atoms with Crippen LogP contribution in [0, 0.1) is 13.5 Å². The third kappa shape index (κ3) is 2.90. The van der Waals surface area contributed by atoms with E-state index in [1.807, 2.05) is 61.2 Å². The van der Waals surface area contributed by atoms with Gasteiger partial charge in [0.15, 0.2) is 0 Å². The largest absolute Gasteiger partial charge is 0.272 e. The lowest BCUT2D eigenvalue weighted by Crippen LogP contribution is -2.10. The quantitative estimate of drug-likeness (QED) is 0.389. The monoisotopic (exact) mass is 419 g/mol. The highest BCUT2D eigenvalue weighted by atomic mass is 16.1. The number of rotatable bonds is 3. The van der Waals surface area contributed by atoms with E-state index in [9.17, 15) is 4.79 Å². The van der Waals surface area contributed by atoms with Crippen molar-refractivity contribution in [2.45, 2.75) is 20.3 Å². The minimum absolute atomic E-state index is 0.199. The Balaban J connectivity index is 1.79. The first-order valence-corrected chi connectivity index (χ1v) is 10.5. The number of fused-ring (bicyclic) bond motifs is 2. The van der Waals surface area contributed by atoms with Crippen LogP contribution in [0.4, 0.5) is 5.69 Å². The first-order chi connectivity index (χ1) is 15.5. The first-order valence-electron chi connectivity index (χ1n) is 10.5. The molecule has 0 saturated heterocycles. The number of hydrogen-bond acceptors (Lipinski definition) is 3. The predicted octanol–water partition coefficient (Wildman–Crippen LogP) is 5.57. The number of aryl methyl sites for hydroxylation is 3. The highest BCUT2D eigenvalue weighted by Gasteiger charge is 2.19. The van der Waals surface area contributed by atoms with E-state index >= 15 is 0 Å². The van der Waals surface area contributed by atoms with Crippen LogP contribution in [0.1, 0.15) is 18.2 Å². The molecule has 0 amide bonds. The zero-order valence-electron chi connectivity index (χ0n) is 18.1. The highest BCUT2D eigenvalue weighted by molar-refractivity contribution is 6.05. The molecule has 0 saturated carbocycles. The molecule has 0 aliphatic rings. The van der Waals surface area contributed by atoms with Crippen LogP contribution in [0.5, 0.6) is 0 Å². The molecule has 5 rings (SSSR count). The van der Waals surface area contributed by atoms with Crippen molar-refractivity contribution >= 4 is 27.2 Å². The molecule has 0 fully saturated rings. The number of benzene rings is 3. The van der Waals surface area contributed by atoms with Crippen molar-refractivity contribution in [1.29, 1.82) is 0 Å². The van der Waals surface area contributed by atoms with Crippen LogP contribution in [-0.2, 0) is 13.5 Å². The lowest BCUT2D eigenvalue weighted by molar-refractivity contribution is 0.776. The van der Waals surface area contributed by atoms with E-state index in [0.29, 0.717) is 17.5 Å². The van der Waals surface area contributed by atoms with E-state index in [0.717, 1.165) is 49.8 Å². The van der Waals surface area contributed by atoms with Crippen LogP contribution in [0.3, 0.4) is 0 Å². The van der Waals surface area contributed by atoms with E-state index in [2.05, 4.69) is 39.2 Å². The molecule has 0 aliphatic heterocycles. The summed E-state index contributed by atoms with van der Waals surface area (Å²) in [6.45, 7) is 12.0. The van der Waals surface area contributed by atoms with Crippen LogP contribution in [0.15, 0.2) is 59.5 Å². The summed E-state index contributed by atoms with van der Waals surface area (Å²) in [6.07, 6.45) is 2.53. The smallest absolute Gasteiger partial charge is 0.269 e. The molecule has 0 atom stereocenters. The van der Waals surface area contributed by atoms with Crippen molar-refractivity contribution in [2.24, 2.45) is 7.05 Å². The molecule has 6 heteroatoms. The lowest BCUT2D eigenvalue weighted by Gasteiger charge is -2.13. The Hall–Kier alpha value is -4.24. The number of aromatic nitrogens is 4. The normalized spacial score (nSPS) is 11.2. The molecule has 1 N–H and O–H groups in total. The predicted molar refractivity (Wildman–Crippen MR) is 128 cm³/mol. The molecule has 2 aromatic heterocycles. The fraction of sp³-hybridized carbons (Fsp3) is 0.154. The Labute approximate surface area is 185 Å². The summed E-state index contributed by atoms with van der Waals surface area (Å²) in [7, 11) is 1.89. The second kappa shape index (κ2) is 7.47. The summed E-state index contributed by atoms with van der Waals surface area (Å²) in [5, 5.41) is 14.8. The Bertz CT molecular complexity index is 1620. The summed E-state index contributed by atoms with van der Waals surface area (Å²) in [5.74, 6) is 0. The molecule has 0 bridgehead atoms. The van der Waals surface area contributed by atoms with Crippen molar-refractivity contribution in [1.82, 2.24) is 20.0 Å². The second-order valence-electron chi connectivity index (χ2n) is 7.89. The van der Waals surface area contributed by atoms with Gasteiger partial charge in [0.05, 0.1) is 29.5 Å². The first kappa shape index (κ1) is 19.7. The summed E-state index contributed by atoms with van der Waals surface area (Å²) in [5.41, 5.74) is 5.96. The minimum atomic E-state index is -0.199. The Kier molecular flexibility index (Phi) is 4.60. The van der Waals surface area contributed by atoms with Crippen LogP contribution in [0.25, 0.3) is 48.8 Å². The molecule has 2 heterocycles. The van der Waals surface area contributed by atoms with E-state index < -0.39 is 0 Å². The zero-order valence-corrected chi connectivity index (χ0v) is 18.1. The van der Waals surface area contributed by atoms with Gasteiger partial charge in [-0.15, -0.1) is 0 Å². The Morgan fingerprint density at radius 1 is 1.03 bits per heavy atom. The molecule has 156 valence electrons. The SMILES string of the molecule is [C-]#[N+]c1c(-c2c(-c3ccc4c(=O)[nH]nc(CC)c4c3)cnn2C)ccc2c(C)cccc12. The molecular weight excluding hydrogens is 398 g/mol. The van der Waals surface area contributed by atoms with Crippen LogP contribution in [0.2, 0.25) is 0 Å². The summed E-state index contributed by atoms with van der Waals surface area (Å²) in [6, 6.07) is 15.9. The number of nitrogens with zero attached hydrogens (tertiary/aromatic N) is 4. The summed E-state index contributed by atoms with van der Waals surface area (Å²) < 4.78 is 1.81. The van der Waals surface area contributed by atoms with Crippen molar-refractivity contribution < 1.29 is 0 Å². The third-order valence-electron chi connectivity index (χ3n) is 6.07. The minimum Gasteiger partial charge on any atom is -0.269 e. The van der Waals surface area contributed by atoms with Crippen molar-refractivity contribution in [3.05, 3.63) is 87.8 Å². The van der Waals surface area contributed by atoms with Gasteiger partial charge in [-0.25, -0.2) is 9.94 Å². The molecule has 0 aliphatic carbocycles.